The number of carbonyl (C=O) groups is 2. The molecule has 0 aromatic carbocycles. The molecule has 2 N–H and O–H groups in total. The molecule has 0 radical (unpaired) electrons. The van der Waals surface area contributed by atoms with Crippen LogP contribution in [-0.2, 0) is 9.53 Å². The van der Waals surface area contributed by atoms with E-state index in [0.717, 1.165) is 25.7 Å². The van der Waals surface area contributed by atoms with Gasteiger partial charge in [0, 0.05) is 18.4 Å². The van der Waals surface area contributed by atoms with Gasteiger partial charge in [0.2, 0.25) is 11.8 Å². The molecule has 8 heteroatoms. The second kappa shape index (κ2) is 8.82. The summed E-state index contributed by atoms with van der Waals surface area (Å²) in [6, 6.07) is -0.578. The number of alkyl carbamates (subject to hydrolysis) is 1. The average Bonchev–Trinajstić information content (AvgIpc) is 2.55. The first-order valence-electron chi connectivity index (χ1n) is 8.95. The Kier molecular flexibility index (Phi) is 6.76. The van der Waals surface area contributed by atoms with Gasteiger partial charge in [0.1, 0.15) is 17.7 Å². The minimum atomic E-state index is -0.654. The molecule has 1 saturated carbocycles. The quantitative estimate of drug-likeness (QED) is 0.830. The van der Waals surface area contributed by atoms with Gasteiger partial charge in [0.05, 0.1) is 6.20 Å². The lowest BCUT2D eigenvalue weighted by Gasteiger charge is -2.30. The highest BCUT2D eigenvalue weighted by Gasteiger charge is 2.26. The summed E-state index contributed by atoms with van der Waals surface area (Å²) in [4.78, 5) is 32.1. The van der Waals surface area contributed by atoms with Gasteiger partial charge < -0.3 is 20.1 Å². The Morgan fingerprint density at radius 1 is 1.19 bits per heavy atom. The Hall–Kier alpha value is -2.38. The molecule has 1 atom stereocenters. The Morgan fingerprint density at radius 2 is 1.88 bits per heavy atom. The maximum atomic E-state index is 12.3. The zero-order valence-corrected chi connectivity index (χ0v) is 15.8. The largest absolute Gasteiger partial charge is 0.473 e. The minimum Gasteiger partial charge on any atom is -0.473 e. The molecule has 8 nitrogen and oxygen atoms in total. The summed E-state index contributed by atoms with van der Waals surface area (Å²) < 4.78 is 11.0. The summed E-state index contributed by atoms with van der Waals surface area (Å²) in [7, 11) is 0. The highest BCUT2D eigenvalue weighted by atomic mass is 16.6. The summed E-state index contributed by atoms with van der Waals surface area (Å²) >= 11 is 0. The van der Waals surface area contributed by atoms with E-state index >= 15 is 0 Å². The molecule has 26 heavy (non-hydrogen) atoms. The van der Waals surface area contributed by atoms with Crippen molar-refractivity contribution in [2.75, 3.05) is 0 Å². The second-order valence-corrected chi connectivity index (χ2v) is 7.51. The first kappa shape index (κ1) is 19.9. The highest BCUT2D eigenvalue weighted by molar-refractivity contribution is 5.85. The van der Waals surface area contributed by atoms with Crippen LogP contribution in [0.1, 0.15) is 53.4 Å². The molecule has 1 unspecified atom stereocenters. The molecule has 0 bridgehead atoms. The van der Waals surface area contributed by atoms with Crippen LogP contribution in [-0.4, -0.2) is 45.8 Å². The predicted octanol–water partition coefficient (Wildman–Crippen LogP) is 2.20. The fourth-order valence-corrected chi connectivity index (χ4v) is 2.72. The van der Waals surface area contributed by atoms with Crippen molar-refractivity contribution in [3.8, 4) is 5.88 Å². The van der Waals surface area contributed by atoms with E-state index in [4.69, 9.17) is 9.47 Å². The van der Waals surface area contributed by atoms with Crippen molar-refractivity contribution in [2.45, 2.75) is 77.2 Å². The smallest absolute Gasteiger partial charge is 0.408 e. The van der Waals surface area contributed by atoms with Crippen LogP contribution in [0.5, 0.6) is 5.88 Å². The standard InChI is InChI=1S/C18H28N4O4/c1-12(21-17(24)26-18(2,3)4)16(23)22-13-5-7-14(8-6-13)25-15-11-19-9-10-20-15/h9-14H,5-8H2,1-4H3,(H,21,24)(H,22,23). The third-order valence-electron chi connectivity index (χ3n) is 3.97. The molecule has 0 spiro atoms. The number of nitrogens with one attached hydrogen (secondary N) is 2. The van der Waals surface area contributed by atoms with Gasteiger partial charge in [-0.05, 0) is 53.4 Å². The van der Waals surface area contributed by atoms with Crippen LogP contribution >= 0.6 is 0 Å². The number of aromatic nitrogens is 2. The summed E-state index contributed by atoms with van der Waals surface area (Å²) in [6.45, 7) is 6.97. The van der Waals surface area contributed by atoms with E-state index in [1.807, 2.05) is 0 Å². The fourth-order valence-electron chi connectivity index (χ4n) is 2.72. The lowest BCUT2D eigenvalue weighted by atomic mass is 9.93. The highest BCUT2D eigenvalue weighted by Crippen LogP contribution is 2.22. The first-order chi connectivity index (χ1) is 12.2. The van der Waals surface area contributed by atoms with Crippen molar-refractivity contribution in [3.63, 3.8) is 0 Å². The van der Waals surface area contributed by atoms with E-state index in [1.165, 1.54) is 0 Å². The second-order valence-electron chi connectivity index (χ2n) is 7.51. The Balaban J connectivity index is 1.71. The molecular weight excluding hydrogens is 336 g/mol. The molecule has 0 saturated heterocycles. The van der Waals surface area contributed by atoms with Crippen LogP contribution in [0.2, 0.25) is 0 Å². The molecule has 1 aromatic heterocycles. The Bertz CT molecular complexity index is 595. The lowest BCUT2D eigenvalue weighted by Crippen LogP contribution is -2.50. The van der Waals surface area contributed by atoms with Crippen LogP contribution in [0.25, 0.3) is 0 Å². The van der Waals surface area contributed by atoms with E-state index in [1.54, 1.807) is 46.3 Å². The summed E-state index contributed by atoms with van der Waals surface area (Å²) in [6.07, 6.45) is 7.57. The molecule has 1 heterocycles. The van der Waals surface area contributed by atoms with Gasteiger partial charge in [-0.1, -0.05) is 0 Å². The third-order valence-corrected chi connectivity index (χ3v) is 3.97. The first-order valence-corrected chi connectivity index (χ1v) is 8.95. The van der Waals surface area contributed by atoms with Gasteiger partial charge >= 0.3 is 6.09 Å². The number of rotatable bonds is 5. The van der Waals surface area contributed by atoms with Crippen molar-refractivity contribution >= 4 is 12.0 Å². The fraction of sp³-hybridized carbons (Fsp3) is 0.667. The number of ether oxygens (including phenoxy) is 2. The monoisotopic (exact) mass is 364 g/mol. The average molecular weight is 364 g/mol. The molecular formula is C18H28N4O4. The summed E-state index contributed by atoms with van der Waals surface area (Å²) in [5, 5.41) is 5.53. The molecule has 1 aliphatic carbocycles. The number of carbonyl (C=O) groups excluding carboxylic acids is 2. The van der Waals surface area contributed by atoms with Crippen molar-refractivity contribution in [3.05, 3.63) is 18.6 Å². The molecule has 2 rings (SSSR count). The van der Waals surface area contributed by atoms with E-state index < -0.39 is 17.7 Å². The van der Waals surface area contributed by atoms with Crippen LogP contribution < -0.4 is 15.4 Å². The van der Waals surface area contributed by atoms with Crippen molar-refractivity contribution in [2.24, 2.45) is 0 Å². The third kappa shape index (κ3) is 6.85. The normalized spacial score (nSPS) is 21.4. The van der Waals surface area contributed by atoms with Crippen LogP contribution in [0, 0.1) is 0 Å². The maximum Gasteiger partial charge on any atom is 0.408 e. The maximum absolute atomic E-state index is 12.3. The van der Waals surface area contributed by atoms with Crippen LogP contribution in [0.15, 0.2) is 18.6 Å². The van der Waals surface area contributed by atoms with Crippen LogP contribution in [0.3, 0.4) is 0 Å². The number of nitrogens with zero attached hydrogens (tertiary/aromatic N) is 2. The van der Waals surface area contributed by atoms with Gasteiger partial charge in [-0.15, -0.1) is 0 Å². The number of hydrogen-bond donors (Lipinski definition) is 2. The predicted molar refractivity (Wildman–Crippen MR) is 95.7 cm³/mol. The van der Waals surface area contributed by atoms with E-state index in [-0.39, 0.29) is 18.1 Å². The van der Waals surface area contributed by atoms with E-state index in [9.17, 15) is 9.59 Å². The minimum absolute atomic E-state index is 0.0760. The van der Waals surface area contributed by atoms with Gasteiger partial charge in [-0.3, -0.25) is 9.78 Å². The molecule has 0 aliphatic heterocycles. The lowest BCUT2D eigenvalue weighted by molar-refractivity contribution is -0.123. The zero-order valence-electron chi connectivity index (χ0n) is 15.8. The van der Waals surface area contributed by atoms with Gasteiger partial charge in [0.25, 0.3) is 0 Å². The topological polar surface area (TPSA) is 102 Å². The molecule has 144 valence electrons. The zero-order chi connectivity index (χ0) is 19.2. The van der Waals surface area contributed by atoms with Gasteiger partial charge in [-0.25, -0.2) is 9.78 Å². The molecule has 2 amide bonds. The Morgan fingerprint density at radius 3 is 2.46 bits per heavy atom. The Labute approximate surface area is 154 Å². The van der Waals surface area contributed by atoms with Crippen molar-refractivity contribution in [1.82, 2.24) is 20.6 Å². The number of amides is 2. The van der Waals surface area contributed by atoms with Crippen molar-refractivity contribution in [1.29, 1.82) is 0 Å². The van der Waals surface area contributed by atoms with Gasteiger partial charge in [0.15, 0.2) is 0 Å². The van der Waals surface area contributed by atoms with Gasteiger partial charge in [-0.2, -0.15) is 0 Å². The molecule has 1 aliphatic rings. The number of hydrogen-bond acceptors (Lipinski definition) is 6. The SMILES string of the molecule is CC(NC(=O)OC(C)(C)C)C(=O)NC1CCC(Oc2cnccn2)CC1. The molecule has 1 fully saturated rings. The summed E-state index contributed by atoms with van der Waals surface area (Å²) in [5.74, 6) is 0.310. The summed E-state index contributed by atoms with van der Waals surface area (Å²) in [5.41, 5.74) is -0.595. The molecule has 1 aromatic rings. The van der Waals surface area contributed by atoms with E-state index in [0.29, 0.717) is 5.88 Å². The van der Waals surface area contributed by atoms with Crippen LogP contribution in [0.4, 0.5) is 4.79 Å². The van der Waals surface area contributed by atoms with E-state index in [2.05, 4.69) is 20.6 Å². The van der Waals surface area contributed by atoms with Crippen molar-refractivity contribution < 1.29 is 19.1 Å².